The highest BCUT2D eigenvalue weighted by atomic mass is 35.5. The number of nitrogens with zero attached hydrogens (tertiary/aromatic N) is 2. The molecular weight excluding hydrogens is 444 g/mol. The SMILES string of the molecule is COc1n[nH]c2ncc(CC(=O)c3c(Cl)ccc(OCc4ccccc4Cl)c3F)cc12. The standard InChI is InChI=1S/C22H16Cl2FN3O3/c1-30-22-14-8-12(10-26-21(14)27-28-22)9-17(29)19-16(24)6-7-18(20(19)25)31-11-13-4-2-3-5-15(13)23/h2-8,10H,9,11H2,1H3,(H,26,27,28). The number of fused-ring (bicyclic) bond motifs is 1. The van der Waals surface area contributed by atoms with Crippen LogP contribution in [0.25, 0.3) is 11.0 Å². The lowest BCUT2D eigenvalue weighted by atomic mass is 10.0. The molecule has 31 heavy (non-hydrogen) atoms. The number of carbonyl (C=O) groups is 1. The van der Waals surface area contributed by atoms with Crippen molar-refractivity contribution in [2.75, 3.05) is 7.11 Å². The van der Waals surface area contributed by atoms with Crippen molar-refractivity contribution < 1.29 is 18.7 Å². The first-order valence-corrected chi connectivity index (χ1v) is 9.98. The van der Waals surface area contributed by atoms with E-state index in [2.05, 4.69) is 15.2 Å². The first kappa shape index (κ1) is 21.1. The smallest absolute Gasteiger partial charge is 0.241 e. The van der Waals surface area contributed by atoms with Crippen molar-refractivity contribution in [1.82, 2.24) is 15.2 Å². The normalized spacial score (nSPS) is 11.0. The number of H-pyrrole nitrogens is 1. The van der Waals surface area contributed by atoms with E-state index in [0.29, 0.717) is 33.1 Å². The maximum Gasteiger partial charge on any atom is 0.241 e. The highest BCUT2D eigenvalue weighted by Gasteiger charge is 2.21. The number of rotatable bonds is 7. The van der Waals surface area contributed by atoms with Gasteiger partial charge >= 0.3 is 0 Å². The zero-order chi connectivity index (χ0) is 22.0. The van der Waals surface area contributed by atoms with Gasteiger partial charge in [-0.05, 0) is 29.8 Å². The van der Waals surface area contributed by atoms with Gasteiger partial charge in [0, 0.05) is 23.2 Å². The summed E-state index contributed by atoms with van der Waals surface area (Å²) in [5, 5.41) is 7.84. The maximum atomic E-state index is 15.1. The van der Waals surface area contributed by atoms with Gasteiger partial charge in [0.15, 0.2) is 23.0 Å². The van der Waals surface area contributed by atoms with Crippen molar-refractivity contribution in [3.8, 4) is 11.6 Å². The summed E-state index contributed by atoms with van der Waals surface area (Å²) in [5.74, 6) is -1.05. The lowest BCUT2D eigenvalue weighted by Crippen LogP contribution is -2.09. The largest absolute Gasteiger partial charge is 0.486 e. The third kappa shape index (κ3) is 4.33. The summed E-state index contributed by atoms with van der Waals surface area (Å²) in [5.41, 5.74) is 1.54. The Morgan fingerprint density at radius 3 is 2.74 bits per heavy atom. The van der Waals surface area contributed by atoms with Crippen molar-refractivity contribution in [3.05, 3.63) is 81.2 Å². The number of carbonyl (C=O) groups excluding carboxylic acids is 1. The van der Waals surface area contributed by atoms with Gasteiger partial charge in [-0.1, -0.05) is 41.4 Å². The second kappa shape index (κ2) is 8.91. The van der Waals surface area contributed by atoms with Crippen LogP contribution in [0.4, 0.5) is 4.39 Å². The fraction of sp³-hybridized carbons (Fsp3) is 0.136. The molecule has 0 aliphatic carbocycles. The summed E-state index contributed by atoms with van der Waals surface area (Å²) in [6.45, 7) is 0.0483. The van der Waals surface area contributed by atoms with E-state index in [1.807, 2.05) is 0 Å². The number of ketones is 1. The molecule has 2 aromatic heterocycles. The second-order valence-corrected chi connectivity index (χ2v) is 7.50. The highest BCUT2D eigenvalue weighted by Crippen LogP contribution is 2.30. The minimum absolute atomic E-state index is 0.00234. The number of nitrogens with one attached hydrogen (secondary N) is 1. The summed E-state index contributed by atoms with van der Waals surface area (Å²) in [4.78, 5) is 17.1. The molecule has 0 bridgehead atoms. The Balaban J connectivity index is 1.58. The molecule has 6 nitrogen and oxygen atoms in total. The fourth-order valence-electron chi connectivity index (χ4n) is 3.12. The molecule has 4 rings (SSSR count). The molecular formula is C22H16Cl2FN3O3. The van der Waals surface area contributed by atoms with E-state index in [1.165, 1.54) is 25.4 Å². The number of hydrogen-bond donors (Lipinski definition) is 1. The van der Waals surface area contributed by atoms with Crippen LogP contribution in [0, 0.1) is 5.82 Å². The Kier molecular flexibility index (Phi) is 6.06. The summed E-state index contributed by atoms with van der Waals surface area (Å²) < 4.78 is 25.8. The van der Waals surface area contributed by atoms with E-state index in [9.17, 15) is 4.79 Å². The topological polar surface area (TPSA) is 77.1 Å². The minimum atomic E-state index is -0.820. The van der Waals surface area contributed by atoms with Crippen LogP contribution in [0.5, 0.6) is 11.6 Å². The van der Waals surface area contributed by atoms with Crippen LogP contribution in [-0.2, 0) is 13.0 Å². The monoisotopic (exact) mass is 459 g/mol. The number of benzene rings is 2. The summed E-state index contributed by atoms with van der Waals surface area (Å²) in [6, 6.07) is 11.6. The molecule has 2 aromatic carbocycles. The molecule has 0 radical (unpaired) electrons. The second-order valence-electron chi connectivity index (χ2n) is 6.69. The molecule has 0 saturated carbocycles. The Morgan fingerprint density at radius 2 is 1.97 bits per heavy atom. The van der Waals surface area contributed by atoms with Gasteiger partial charge in [0.25, 0.3) is 0 Å². The van der Waals surface area contributed by atoms with Gasteiger partial charge in [-0.25, -0.2) is 9.37 Å². The highest BCUT2D eigenvalue weighted by molar-refractivity contribution is 6.34. The van der Waals surface area contributed by atoms with Crippen LogP contribution in [0.2, 0.25) is 10.0 Å². The molecule has 0 spiro atoms. The molecule has 0 aliphatic heterocycles. The number of methoxy groups -OCH3 is 1. The number of aromatic amines is 1. The average Bonchev–Trinajstić information content (AvgIpc) is 3.16. The maximum absolute atomic E-state index is 15.1. The van der Waals surface area contributed by atoms with Crippen LogP contribution in [0.1, 0.15) is 21.5 Å². The van der Waals surface area contributed by atoms with Gasteiger partial charge in [0.05, 0.1) is 23.1 Å². The zero-order valence-electron chi connectivity index (χ0n) is 16.3. The molecule has 9 heteroatoms. The number of ether oxygens (including phenoxy) is 2. The molecule has 158 valence electrons. The number of halogens is 3. The van der Waals surface area contributed by atoms with E-state index >= 15 is 4.39 Å². The third-order valence-corrected chi connectivity index (χ3v) is 5.36. The van der Waals surface area contributed by atoms with Crippen LogP contribution >= 0.6 is 23.2 Å². The van der Waals surface area contributed by atoms with Crippen LogP contribution < -0.4 is 9.47 Å². The Morgan fingerprint density at radius 1 is 1.16 bits per heavy atom. The summed E-state index contributed by atoms with van der Waals surface area (Å²) in [6.07, 6.45) is 1.41. The number of aromatic nitrogens is 3. The van der Waals surface area contributed by atoms with Crippen LogP contribution in [-0.4, -0.2) is 28.1 Å². The van der Waals surface area contributed by atoms with E-state index in [4.69, 9.17) is 32.7 Å². The van der Waals surface area contributed by atoms with E-state index in [1.54, 1.807) is 30.3 Å². The first-order chi connectivity index (χ1) is 15.0. The minimum Gasteiger partial charge on any atom is -0.486 e. The third-order valence-electron chi connectivity index (χ3n) is 4.67. The molecule has 2 heterocycles. The molecule has 0 aliphatic rings. The number of pyridine rings is 1. The zero-order valence-corrected chi connectivity index (χ0v) is 17.8. The summed E-state index contributed by atoms with van der Waals surface area (Å²) in [7, 11) is 1.48. The molecule has 0 saturated heterocycles. The molecule has 4 aromatic rings. The lowest BCUT2D eigenvalue weighted by molar-refractivity contribution is 0.0988. The number of hydrogen-bond acceptors (Lipinski definition) is 5. The Bertz CT molecular complexity index is 1280. The lowest BCUT2D eigenvalue weighted by Gasteiger charge is -2.12. The van der Waals surface area contributed by atoms with E-state index in [-0.39, 0.29) is 29.4 Å². The van der Waals surface area contributed by atoms with Crippen LogP contribution in [0.3, 0.4) is 0 Å². The van der Waals surface area contributed by atoms with Crippen molar-refractivity contribution in [2.24, 2.45) is 0 Å². The summed E-state index contributed by atoms with van der Waals surface area (Å²) >= 11 is 12.3. The molecule has 1 N–H and O–H groups in total. The van der Waals surface area contributed by atoms with E-state index in [0.717, 1.165) is 0 Å². The van der Waals surface area contributed by atoms with Crippen molar-refractivity contribution in [3.63, 3.8) is 0 Å². The Hall–Kier alpha value is -3.16. The van der Waals surface area contributed by atoms with Gasteiger partial charge in [-0.3, -0.25) is 9.89 Å². The van der Waals surface area contributed by atoms with Crippen molar-refractivity contribution in [2.45, 2.75) is 13.0 Å². The van der Waals surface area contributed by atoms with Gasteiger partial charge in [0.1, 0.15) is 6.61 Å². The first-order valence-electron chi connectivity index (χ1n) is 9.22. The molecule has 0 atom stereocenters. The molecule has 0 amide bonds. The molecule has 0 unspecified atom stereocenters. The van der Waals surface area contributed by atoms with Crippen molar-refractivity contribution >= 4 is 40.0 Å². The predicted octanol–water partition coefficient (Wildman–Crippen LogP) is 5.42. The molecule has 0 fully saturated rings. The predicted molar refractivity (Wildman–Crippen MR) is 116 cm³/mol. The van der Waals surface area contributed by atoms with Gasteiger partial charge < -0.3 is 9.47 Å². The van der Waals surface area contributed by atoms with Gasteiger partial charge in [-0.2, -0.15) is 0 Å². The van der Waals surface area contributed by atoms with Gasteiger partial charge in [-0.15, -0.1) is 5.10 Å². The quantitative estimate of drug-likeness (QED) is 0.373. The average molecular weight is 460 g/mol. The number of Topliss-reactive ketones (excluding diaryl/α,β-unsaturated/α-hetero) is 1. The van der Waals surface area contributed by atoms with Crippen molar-refractivity contribution in [1.29, 1.82) is 0 Å². The van der Waals surface area contributed by atoms with Gasteiger partial charge in [0.2, 0.25) is 5.88 Å². The fourth-order valence-corrected chi connectivity index (χ4v) is 3.56. The van der Waals surface area contributed by atoms with E-state index < -0.39 is 11.6 Å². The van der Waals surface area contributed by atoms with Crippen LogP contribution in [0.15, 0.2) is 48.7 Å². The Labute approximate surface area is 186 Å².